The van der Waals surface area contributed by atoms with Crippen molar-refractivity contribution in [2.45, 2.75) is 13.3 Å². The zero-order valence-electron chi connectivity index (χ0n) is 44.7. The fourth-order valence-corrected chi connectivity index (χ4v) is 4.94. The average molecular weight is 586 g/mol. The summed E-state index contributed by atoms with van der Waals surface area (Å²) in [4.78, 5) is 13.1. The highest BCUT2D eigenvalue weighted by molar-refractivity contribution is 5.90. The molecule has 0 aliphatic heterocycles. The number of rotatable bonds is 5. The number of fused-ring (bicyclic) bond motifs is 3. The molecule has 0 unspecified atom stereocenters. The molecule has 1 heterocycles. The van der Waals surface area contributed by atoms with E-state index in [9.17, 15) is 1.37 Å². The molecule has 44 heavy (non-hydrogen) atoms. The summed E-state index contributed by atoms with van der Waals surface area (Å²) >= 11 is 0. The van der Waals surface area contributed by atoms with Gasteiger partial charge in [0.25, 0.3) is 0 Å². The normalized spacial score (nSPS) is 18.7. The maximum Gasteiger partial charge on any atom is 0.164 e. The third-order valence-corrected chi connectivity index (χ3v) is 6.88. The average Bonchev–Trinajstić information content (AvgIpc) is 3.68. The topological polar surface area (TPSA) is 38.7 Å². The highest BCUT2D eigenvalue weighted by Gasteiger charge is 2.24. The van der Waals surface area contributed by atoms with Crippen molar-refractivity contribution in [3.8, 4) is 67.5 Å². The summed E-state index contributed by atoms with van der Waals surface area (Å²) in [5.41, 5.74) is -3.07. The van der Waals surface area contributed by atoms with E-state index in [0.29, 0.717) is 0 Å². The van der Waals surface area contributed by atoms with Crippen molar-refractivity contribution in [3.63, 3.8) is 0 Å². The van der Waals surface area contributed by atoms with E-state index in [1.54, 1.807) is 0 Å². The minimum Gasteiger partial charge on any atom is -0.208 e. The smallest absolute Gasteiger partial charge is 0.164 e. The Hall–Kier alpha value is -5.67. The van der Waals surface area contributed by atoms with Gasteiger partial charge in [0.1, 0.15) is 0 Å². The second-order valence-corrected chi connectivity index (χ2v) is 9.59. The summed E-state index contributed by atoms with van der Waals surface area (Å²) in [6, 6.07) is -12.2. The summed E-state index contributed by atoms with van der Waals surface area (Å²) in [5.74, 6) is -1.77. The Morgan fingerprint density at radius 2 is 0.955 bits per heavy atom. The van der Waals surface area contributed by atoms with Gasteiger partial charge in [-0.25, -0.2) is 15.0 Å². The summed E-state index contributed by atoms with van der Waals surface area (Å²) in [6.07, 6.45) is -0.403. The molecule has 0 bridgehead atoms. The van der Waals surface area contributed by atoms with Crippen LogP contribution in [0.4, 0.5) is 0 Å². The lowest BCUT2D eigenvalue weighted by atomic mass is 9.94. The maximum atomic E-state index is 9.19. The lowest BCUT2D eigenvalue weighted by molar-refractivity contribution is 1.07. The first-order valence-corrected chi connectivity index (χ1v) is 13.2. The van der Waals surface area contributed by atoms with E-state index >= 15 is 0 Å². The van der Waals surface area contributed by atoms with Gasteiger partial charge >= 0.3 is 0 Å². The van der Waals surface area contributed by atoms with Gasteiger partial charge in [0.15, 0.2) is 17.5 Å². The molecule has 1 aromatic heterocycles. The first kappa shape index (κ1) is 11.8. The Bertz CT molecular complexity index is 3220. The van der Waals surface area contributed by atoms with Crippen LogP contribution < -0.4 is 0 Å². The molecule has 0 saturated heterocycles. The second kappa shape index (κ2) is 10.9. The van der Waals surface area contributed by atoms with Crippen LogP contribution in [0.1, 0.15) is 46.8 Å². The van der Waals surface area contributed by atoms with Gasteiger partial charge in [-0.3, -0.25) is 0 Å². The summed E-state index contributed by atoms with van der Waals surface area (Å²) in [6.45, 7) is 1.34. The molecule has 208 valence electrons. The van der Waals surface area contributed by atoms with E-state index in [1.165, 1.54) is 6.92 Å². The molecule has 0 spiro atoms. The minimum absolute atomic E-state index is 0.00299. The van der Waals surface area contributed by atoms with Crippen LogP contribution in [-0.2, 0) is 6.42 Å². The molecule has 1 aliphatic rings. The third kappa shape index (κ3) is 4.69. The van der Waals surface area contributed by atoms with Crippen molar-refractivity contribution >= 4 is 0 Å². The molecular weight excluding hydrogens is 534 g/mol. The fraction of sp³-hybridized carbons (Fsp3) is 0.0488. The maximum absolute atomic E-state index is 9.19. The van der Waals surface area contributed by atoms with Crippen molar-refractivity contribution < 1.29 is 30.2 Å². The molecule has 8 rings (SSSR count). The third-order valence-electron chi connectivity index (χ3n) is 6.88. The molecule has 0 N–H and O–H groups in total. The lowest BCUT2D eigenvalue weighted by Crippen LogP contribution is -2.00. The number of aromatic nitrogens is 3. The first-order chi connectivity index (χ1) is 30.8. The first-order valence-electron chi connectivity index (χ1n) is 24.2. The van der Waals surface area contributed by atoms with Crippen molar-refractivity contribution in [3.05, 3.63) is 162 Å². The summed E-state index contributed by atoms with van der Waals surface area (Å²) in [7, 11) is 0. The molecule has 3 nitrogen and oxygen atoms in total. The monoisotopic (exact) mass is 585 g/mol. The Kier molecular flexibility index (Phi) is 2.91. The number of hydrogen-bond acceptors (Lipinski definition) is 3. The molecule has 0 amide bonds. The van der Waals surface area contributed by atoms with Crippen molar-refractivity contribution in [2.24, 2.45) is 0 Å². The van der Waals surface area contributed by atoms with Gasteiger partial charge in [-0.1, -0.05) is 139 Å². The fourth-order valence-electron chi connectivity index (χ4n) is 4.94. The van der Waals surface area contributed by atoms with Crippen LogP contribution >= 0.6 is 0 Å². The second-order valence-electron chi connectivity index (χ2n) is 9.59. The zero-order valence-corrected chi connectivity index (χ0v) is 22.7. The molecule has 0 fully saturated rings. The van der Waals surface area contributed by atoms with E-state index in [-0.39, 0.29) is 50.1 Å². The van der Waals surface area contributed by atoms with Crippen LogP contribution in [0.15, 0.2) is 145 Å². The van der Waals surface area contributed by atoms with E-state index < -0.39 is 174 Å². The highest BCUT2D eigenvalue weighted by Crippen LogP contribution is 2.45. The SMILES string of the molecule is [2H]c1cc([2H])c([2H])c(-c2c([2H])c([2H])c([2H])c3c2Cc2c(-c4cc(-c5nc(-c6c([2H])c([2H])c([2H])c([2H])c6[2H])nc(-c6c([2H])c([2H])c([2H])c(C)c6[2H])n5)c([2H])c([2H])c4[2H])c([2H])c([2H])c([2H])c2-3)c1[2H]. The van der Waals surface area contributed by atoms with E-state index in [0.717, 1.165) is 12.1 Å². The molecular formula is C41H29N3. The Morgan fingerprint density at radius 1 is 0.455 bits per heavy atom. The largest absolute Gasteiger partial charge is 0.208 e. The van der Waals surface area contributed by atoms with Crippen LogP contribution in [0.5, 0.6) is 0 Å². The van der Waals surface area contributed by atoms with Crippen LogP contribution in [-0.4, -0.2) is 15.0 Å². The van der Waals surface area contributed by atoms with Gasteiger partial charge in [-0.15, -0.1) is 0 Å². The zero-order chi connectivity index (χ0) is 48.6. The van der Waals surface area contributed by atoms with Crippen molar-refractivity contribution in [1.82, 2.24) is 15.0 Å². The quantitative estimate of drug-likeness (QED) is 0.202. The van der Waals surface area contributed by atoms with Gasteiger partial charge < -0.3 is 0 Å². The number of hydrogen-bond donors (Lipinski definition) is 0. The predicted molar refractivity (Wildman–Crippen MR) is 180 cm³/mol. The molecule has 7 aromatic rings. The van der Waals surface area contributed by atoms with Crippen LogP contribution in [0.3, 0.4) is 0 Å². The molecule has 3 heteroatoms. The Morgan fingerprint density at radius 3 is 1.68 bits per heavy atom. The van der Waals surface area contributed by atoms with Crippen LogP contribution in [0, 0.1) is 6.92 Å². The van der Waals surface area contributed by atoms with Crippen LogP contribution in [0.25, 0.3) is 67.5 Å². The standard InChI is InChI=1S/C41H29N3/c1-27-12-8-18-31(24-27)40-42-39(29-15-6-3-7-16-29)43-41(44-40)32-19-9-17-30(25-32)34-21-11-23-36-35-22-10-20-33(37(35)26-38(34)36)28-13-4-2-5-14-28/h2-25H,26H2,1H3/i3D,4D,5D,6D,7D,8D,9D,10D,11D,12D,13D,14D,15D,16D,17D,18D,19D,20D,21D,22D,23D,24D. The van der Waals surface area contributed by atoms with E-state index in [4.69, 9.17) is 28.8 Å². The van der Waals surface area contributed by atoms with E-state index in [1.807, 2.05) is 0 Å². The van der Waals surface area contributed by atoms with Gasteiger partial charge in [0.2, 0.25) is 0 Å². The number of benzene rings is 6. The molecule has 0 atom stereocenters. The molecule has 0 saturated carbocycles. The van der Waals surface area contributed by atoms with Crippen molar-refractivity contribution in [1.29, 1.82) is 0 Å². The summed E-state index contributed by atoms with van der Waals surface area (Å²) < 4.78 is 191. The Labute approximate surface area is 288 Å². The molecule has 1 aliphatic carbocycles. The summed E-state index contributed by atoms with van der Waals surface area (Å²) in [5, 5.41) is 0. The molecule has 0 radical (unpaired) electrons. The van der Waals surface area contributed by atoms with Crippen LogP contribution in [0.2, 0.25) is 0 Å². The highest BCUT2D eigenvalue weighted by atomic mass is 15.0. The van der Waals surface area contributed by atoms with Gasteiger partial charge in [0, 0.05) is 16.7 Å². The molecule has 6 aromatic carbocycles. The Balaban J connectivity index is 1.46. The minimum atomic E-state index is -0.805. The van der Waals surface area contributed by atoms with Gasteiger partial charge in [-0.2, -0.15) is 0 Å². The lowest BCUT2D eigenvalue weighted by Gasteiger charge is -2.12. The van der Waals surface area contributed by atoms with Crippen molar-refractivity contribution in [2.75, 3.05) is 0 Å². The number of nitrogens with zero attached hydrogens (tertiary/aromatic N) is 3. The van der Waals surface area contributed by atoms with Gasteiger partial charge in [0.05, 0.1) is 30.2 Å². The van der Waals surface area contributed by atoms with Gasteiger partial charge in [-0.05, 0) is 70.0 Å². The van der Waals surface area contributed by atoms with E-state index in [2.05, 4.69) is 15.0 Å². The predicted octanol–water partition coefficient (Wildman–Crippen LogP) is 10.1.